The fraction of sp³-hybridized carbons (Fsp3) is 0.625. The predicted molar refractivity (Wildman–Crippen MR) is 79.5 cm³/mol. The lowest BCUT2D eigenvalue weighted by Gasteiger charge is -2.16. The van der Waals surface area contributed by atoms with Crippen LogP contribution in [0.25, 0.3) is 0 Å². The molecule has 1 atom stereocenters. The van der Waals surface area contributed by atoms with Crippen LogP contribution >= 0.6 is 0 Å². The summed E-state index contributed by atoms with van der Waals surface area (Å²) >= 11 is 0. The summed E-state index contributed by atoms with van der Waals surface area (Å²) in [5.41, 5.74) is 1.13. The summed E-state index contributed by atoms with van der Waals surface area (Å²) in [5.74, 6) is 1.78. The minimum Gasteiger partial charge on any atom is -0.497 e. The smallest absolute Gasteiger partial charge is 0.124 e. The molecule has 4 nitrogen and oxygen atoms in total. The quantitative estimate of drug-likeness (QED) is 0.743. The highest BCUT2D eigenvalue weighted by Crippen LogP contribution is 2.25. The second kappa shape index (κ2) is 8.12. The molecule has 0 aliphatic carbocycles. The second-order valence-corrected chi connectivity index (χ2v) is 5.10. The summed E-state index contributed by atoms with van der Waals surface area (Å²) < 4.78 is 16.8. The van der Waals surface area contributed by atoms with Crippen molar-refractivity contribution in [3.63, 3.8) is 0 Å². The molecule has 1 heterocycles. The number of benzene rings is 1. The lowest BCUT2D eigenvalue weighted by molar-refractivity contribution is 0.0675. The van der Waals surface area contributed by atoms with Gasteiger partial charge in [0.2, 0.25) is 0 Å². The first-order valence-corrected chi connectivity index (χ1v) is 7.45. The zero-order valence-corrected chi connectivity index (χ0v) is 12.5. The molecule has 0 amide bonds. The summed E-state index contributed by atoms with van der Waals surface area (Å²) in [7, 11) is 1.69. The van der Waals surface area contributed by atoms with Crippen molar-refractivity contribution >= 4 is 0 Å². The lowest BCUT2D eigenvalue weighted by atomic mass is 10.2. The minimum atomic E-state index is 0.244. The Morgan fingerprint density at radius 3 is 3.00 bits per heavy atom. The highest BCUT2D eigenvalue weighted by atomic mass is 16.5. The maximum Gasteiger partial charge on any atom is 0.124 e. The van der Waals surface area contributed by atoms with E-state index in [1.54, 1.807) is 7.11 Å². The molecule has 0 bridgehead atoms. The Balaban J connectivity index is 1.96. The summed E-state index contributed by atoms with van der Waals surface area (Å²) in [6, 6.07) is 5.96. The van der Waals surface area contributed by atoms with Crippen LogP contribution in [0.5, 0.6) is 11.5 Å². The van der Waals surface area contributed by atoms with Crippen molar-refractivity contribution in [3.05, 3.63) is 23.8 Å². The summed E-state index contributed by atoms with van der Waals surface area (Å²) in [6.45, 7) is 5.45. The molecule has 112 valence electrons. The predicted octanol–water partition coefficient (Wildman–Crippen LogP) is 2.75. The van der Waals surface area contributed by atoms with Crippen molar-refractivity contribution in [1.29, 1.82) is 0 Å². The van der Waals surface area contributed by atoms with Gasteiger partial charge in [0.25, 0.3) is 0 Å². The molecule has 1 saturated heterocycles. The van der Waals surface area contributed by atoms with Crippen LogP contribution in [0.1, 0.15) is 31.7 Å². The molecule has 1 N–H and O–H groups in total. The van der Waals surface area contributed by atoms with Crippen LogP contribution < -0.4 is 14.8 Å². The molecule has 1 unspecified atom stereocenters. The molecule has 20 heavy (non-hydrogen) atoms. The maximum atomic E-state index is 5.93. The molecule has 1 aromatic carbocycles. The van der Waals surface area contributed by atoms with E-state index in [9.17, 15) is 0 Å². The van der Waals surface area contributed by atoms with E-state index in [-0.39, 0.29) is 6.10 Å². The van der Waals surface area contributed by atoms with Crippen molar-refractivity contribution < 1.29 is 14.2 Å². The van der Waals surface area contributed by atoms with Gasteiger partial charge in [-0.25, -0.2) is 0 Å². The third-order valence-electron chi connectivity index (χ3n) is 3.46. The number of methoxy groups -OCH3 is 1. The second-order valence-electron chi connectivity index (χ2n) is 5.10. The van der Waals surface area contributed by atoms with E-state index in [1.165, 1.54) is 0 Å². The average molecular weight is 279 g/mol. The maximum absolute atomic E-state index is 5.93. The van der Waals surface area contributed by atoms with E-state index in [1.807, 2.05) is 18.2 Å². The van der Waals surface area contributed by atoms with E-state index in [0.717, 1.165) is 56.0 Å². The first kappa shape index (κ1) is 15.1. The third kappa shape index (κ3) is 4.39. The van der Waals surface area contributed by atoms with Crippen molar-refractivity contribution in [2.75, 3.05) is 26.9 Å². The van der Waals surface area contributed by atoms with E-state index in [0.29, 0.717) is 6.61 Å². The molecule has 1 aromatic rings. The zero-order valence-electron chi connectivity index (χ0n) is 12.5. The fourth-order valence-electron chi connectivity index (χ4n) is 2.32. The number of ether oxygens (including phenoxy) is 3. The molecule has 2 rings (SSSR count). The van der Waals surface area contributed by atoms with Gasteiger partial charge in [0.05, 0.1) is 13.2 Å². The van der Waals surface area contributed by atoms with Crippen molar-refractivity contribution in [2.24, 2.45) is 0 Å². The molecule has 0 spiro atoms. The van der Waals surface area contributed by atoms with E-state index in [2.05, 4.69) is 12.2 Å². The van der Waals surface area contributed by atoms with E-state index < -0.39 is 0 Å². The van der Waals surface area contributed by atoms with Gasteiger partial charge in [-0.3, -0.25) is 0 Å². The van der Waals surface area contributed by atoms with Crippen molar-refractivity contribution in [3.8, 4) is 11.5 Å². The molecule has 1 aliphatic heterocycles. The molecule has 4 heteroatoms. The van der Waals surface area contributed by atoms with Crippen LogP contribution in [0.3, 0.4) is 0 Å². The number of hydrogen-bond donors (Lipinski definition) is 1. The SMILES string of the molecule is CCCNCc1cc(OC)ccc1OCC1CCCO1. The number of nitrogens with one attached hydrogen (secondary N) is 1. The highest BCUT2D eigenvalue weighted by molar-refractivity contribution is 5.40. The molecule has 0 aromatic heterocycles. The number of hydrogen-bond acceptors (Lipinski definition) is 4. The van der Waals surface area contributed by atoms with Gasteiger partial charge in [-0.2, -0.15) is 0 Å². The van der Waals surface area contributed by atoms with Crippen LogP contribution in [-0.2, 0) is 11.3 Å². The molecule has 1 aliphatic rings. The molecule has 1 fully saturated rings. The third-order valence-corrected chi connectivity index (χ3v) is 3.46. The Bertz CT molecular complexity index is 403. The van der Waals surface area contributed by atoms with Gasteiger partial charge in [-0.05, 0) is 44.0 Å². The van der Waals surface area contributed by atoms with Gasteiger partial charge in [0.1, 0.15) is 18.1 Å². The van der Waals surface area contributed by atoms with Crippen molar-refractivity contribution in [1.82, 2.24) is 5.32 Å². The average Bonchev–Trinajstić information content (AvgIpc) is 2.99. The number of rotatable bonds is 8. The van der Waals surface area contributed by atoms with E-state index >= 15 is 0 Å². The standard InChI is InChI=1S/C16H25NO3/c1-3-8-17-11-13-10-14(18-2)6-7-16(13)20-12-15-5-4-9-19-15/h6-7,10,15,17H,3-5,8-9,11-12H2,1-2H3. The molecular formula is C16H25NO3. The normalized spacial score (nSPS) is 18.2. The first-order chi connectivity index (χ1) is 9.83. The van der Waals surface area contributed by atoms with Crippen LogP contribution in [0.4, 0.5) is 0 Å². The Morgan fingerprint density at radius 2 is 2.30 bits per heavy atom. The molecule has 0 radical (unpaired) electrons. The largest absolute Gasteiger partial charge is 0.497 e. The Morgan fingerprint density at radius 1 is 1.40 bits per heavy atom. The molecular weight excluding hydrogens is 254 g/mol. The zero-order chi connectivity index (χ0) is 14.2. The summed E-state index contributed by atoms with van der Waals surface area (Å²) in [6.07, 6.45) is 3.60. The van der Waals surface area contributed by atoms with Gasteiger partial charge < -0.3 is 19.5 Å². The lowest BCUT2D eigenvalue weighted by Crippen LogP contribution is -2.18. The molecule has 0 saturated carbocycles. The Labute approximate surface area is 121 Å². The first-order valence-electron chi connectivity index (χ1n) is 7.45. The van der Waals surface area contributed by atoms with Gasteiger partial charge >= 0.3 is 0 Å². The summed E-state index contributed by atoms with van der Waals surface area (Å²) in [5, 5.41) is 3.40. The Kier molecular flexibility index (Phi) is 6.15. The fourth-order valence-corrected chi connectivity index (χ4v) is 2.32. The summed E-state index contributed by atoms with van der Waals surface area (Å²) in [4.78, 5) is 0. The minimum absolute atomic E-state index is 0.244. The van der Waals surface area contributed by atoms with Crippen LogP contribution in [0.2, 0.25) is 0 Å². The monoisotopic (exact) mass is 279 g/mol. The van der Waals surface area contributed by atoms with Crippen molar-refractivity contribution in [2.45, 2.75) is 38.8 Å². The van der Waals surface area contributed by atoms with Gasteiger partial charge in [-0.1, -0.05) is 6.92 Å². The van der Waals surface area contributed by atoms with Crippen LogP contribution in [0, 0.1) is 0 Å². The van der Waals surface area contributed by atoms with Crippen LogP contribution in [0.15, 0.2) is 18.2 Å². The highest BCUT2D eigenvalue weighted by Gasteiger charge is 2.16. The van der Waals surface area contributed by atoms with E-state index in [4.69, 9.17) is 14.2 Å². The van der Waals surface area contributed by atoms with Gasteiger partial charge in [0.15, 0.2) is 0 Å². The van der Waals surface area contributed by atoms with Crippen LogP contribution in [-0.4, -0.2) is 33.0 Å². The topological polar surface area (TPSA) is 39.7 Å². The van der Waals surface area contributed by atoms with Gasteiger partial charge in [0, 0.05) is 18.7 Å². The van der Waals surface area contributed by atoms with Gasteiger partial charge in [-0.15, -0.1) is 0 Å². The Hall–Kier alpha value is -1.26.